The number of piperidine rings is 1. The van der Waals surface area contributed by atoms with Crippen molar-refractivity contribution in [2.75, 3.05) is 13.1 Å². The molecule has 1 atom stereocenters. The number of ether oxygens (including phenoxy) is 2. The van der Waals surface area contributed by atoms with Crippen molar-refractivity contribution in [1.82, 2.24) is 9.80 Å². The molecule has 1 saturated heterocycles. The van der Waals surface area contributed by atoms with Crippen molar-refractivity contribution in [3.8, 4) is 0 Å². The average molecular weight is 374 g/mol. The first-order chi connectivity index (χ1) is 12.8. The summed E-state index contributed by atoms with van der Waals surface area (Å²) in [5.41, 5.74) is 0.445. The maximum Gasteiger partial charge on any atom is 0.410 e. The van der Waals surface area contributed by atoms with Gasteiger partial charge in [0, 0.05) is 19.1 Å². The quantitative estimate of drug-likeness (QED) is 0.793. The molecule has 2 fully saturated rings. The molecule has 1 heterocycles. The lowest BCUT2D eigenvalue weighted by atomic mass is 10.0. The molecule has 27 heavy (non-hydrogen) atoms. The Morgan fingerprint density at radius 3 is 2.44 bits per heavy atom. The van der Waals surface area contributed by atoms with E-state index >= 15 is 0 Å². The van der Waals surface area contributed by atoms with Gasteiger partial charge < -0.3 is 19.3 Å². The third kappa shape index (κ3) is 5.62. The van der Waals surface area contributed by atoms with E-state index in [1.165, 1.54) is 0 Å². The van der Waals surface area contributed by atoms with Gasteiger partial charge in [-0.3, -0.25) is 0 Å². The highest BCUT2D eigenvalue weighted by Gasteiger charge is 2.41. The lowest BCUT2D eigenvalue weighted by molar-refractivity contribution is 0.00247. The van der Waals surface area contributed by atoms with Crippen LogP contribution in [-0.2, 0) is 16.1 Å². The van der Waals surface area contributed by atoms with Crippen LogP contribution in [0.3, 0.4) is 0 Å². The summed E-state index contributed by atoms with van der Waals surface area (Å²) < 4.78 is 11.1. The van der Waals surface area contributed by atoms with Crippen molar-refractivity contribution in [2.24, 2.45) is 0 Å². The summed E-state index contributed by atoms with van der Waals surface area (Å²) in [6.07, 6.45) is 3.18. The number of hydrogen-bond donors (Lipinski definition) is 0. The molecule has 148 valence electrons. The van der Waals surface area contributed by atoms with Crippen LogP contribution in [-0.4, -0.2) is 52.8 Å². The molecule has 6 nitrogen and oxygen atoms in total. The summed E-state index contributed by atoms with van der Waals surface area (Å²) in [5, 5.41) is 0. The zero-order valence-corrected chi connectivity index (χ0v) is 16.5. The SMILES string of the molecule is CC(C)(C)OC(=O)N(C1CC1)C1CCCN(C(=O)OCc2ccccc2)C1. The van der Waals surface area contributed by atoms with Gasteiger partial charge in [0.25, 0.3) is 0 Å². The molecule has 1 saturated carbocycles. The number of rotatable bonds is 4. The second kappa shape index (κ2) is 8.19. The minimum absolute atomic E-state index is 0.00891. The van der Waals surface area contributed by atoms with Crippen LogP contribution in [0.15, 0.2) is 30.3 Å². The van der Waals surface area contributed by atoms with E-state index in [1.807, 2.05) is 56.0 Å². The van der Waals surface area contributed by atoms with E-state index in [0.29, 0.717) is 13.1 Å². The summed E-state index contributed by atoms with van der Waals surface area (Å²) in [5.74, 6) is 0. The highest BCUT2D eigenvalue weighted by molar-refractivity contribution is 5.70. The van der Waals surface area contributed by atoms with Crippen LogP contribution in [0.4, 0.5) is 9.59 Å². The molecule has 2 aliphatic rings. The second-order valence-corrected chi connectivity index (χ2v) is 8.40. The number of nitrogens with zero attached hydrogens (tertiary/aromatic N) is 2. The summed E-state index contributed by atoms with van der Waals surface area (Å²) in [6.45, 7) is 7.07. The fourth-order valence-electron chi connectivity index (χ4n) is 3.42. The van der Waals surface area contributed by atoms with Gasteiger partial charge >= 0.3 is 12.2 Å². The molecule has 2 amide bonds. The van der Waals surface area contributed by atoms with E-state index in [9.17, 15) is 9.59 Å². The number of benzene rings is 1. The summed E-state index contributed by atoms with van der Waals surface area (Å²) >= 11 is 0. The first-order valence-corrected chi connectivity index (χ1v) is 9.80. The number of carbonyl (C=O) groups excluding carboxylic acids is 2. The number of likely N-dealkylation sites (tertiary alicyclic amines) is 1. The Kier molecular flexibility index (Phi) is 5.92. The second-order valence-electron chi connectivity index (χ2n) is 8.40. The Hall–Kier alpha value is -2.24. The van der Waals surface area contributed by atoms with Gasteiger partial charge in [-0.25, -0.2) is 9.59 Å². The lowest BCUT2D eigenvalue weighted by Gasteiger charge is -2.39. The van der Waals surface area contributed by atoms with E-state index in [0.717, 1.165) is 31.2 Å². The van der Waals surface area contributed by atoms with E-state index in [-0.39, 0.29) is 30.9 Å². The standard InChI is InChI=1S/C21H30N2O4/c1-21(2,3)27-20(25)23(17-11-12-17)18-10-7-13-22(14-18)19(24)26-15-16-8-5-4-6-9-16/h4-6,8-9,17-18H,7,10-15H2,1-3H3. The zero-order valence-electron chi connectivity index (χ0n) is 16.5. The minimum Gasteiger partial charge on any atom is -0.445 e. The Morgan fingerprint density at radius 1 is 1.11 bits per heavy atom. The molecule has 0 spiro atoms. The average Bonchev–Trinajstić information content (AvgIpc) is 3.44. The van der Waals surface area contributed by atoms with Crippen molar-refractivity contribution in [1.29, 1.82) is 0 Å². The molecule has 3 rings (SSSR count). The molecule has 1 unspecified atom stereocenters. The summed E-state index contributed by atoms with van der Waals surface area (Å²) in [4.78, 5) is 28.8. The van der Waals surface area contributed by atoms with Gasteiger partial charge in [0.1, 0.15) is 12.2 Å². The van der Waals surface area contributed by atoms with Gasteiger partial charge in [-0.1, -0.05) is 30.3 Å². The van der Waals surface area contributed by atoms with Crippen LogP contribution in [0.5, 0.6) is 0 Å². The first kappa shape index (κ1) is 19.5. The largest absolute Gasteiger partial charge is 0.445 e. The van der Waals surface area contributed by atoms with E-state index in [4.69, 9.17) is 9.47 Å². The van der Waals surface area contributed by atoms with E-state index < -0.39 is 5.60 Å². The normalized spacial score (nSPS) is 20.1. The highest BCUT2D eigenvalue weighted by Crippen LogP contribution is 2.33. The minimum atomic E-state index is -0.521. The lowest BCUT2D eigenvalue weighted by Crippen LogP contribution is -2.53. The molecule has 1 aromatic rings. The molecule has 1 aromatic carbocycles. The molecular weight excluding hydrogens is 344 g/mol. The van der Waals surface area contributed by atoms with Gasteiger partial charge in [-0.05, 0) is 52.0 Å². The third-order valence-electron chi connectivity index (χ3n) is 4.80. The Labute approximate surface area is 161 Å². The fraction of sp³-hybridized carbons (Fsp3) is 0.619. The van der Waals surface area contributed by atoms with Gasteiger partial charge in [0.05, 0.1) is 6.04 Å². The van der Waals surface area contributed by atoms with E-state index in [2.05, 4.69) is 0 Å². The van der Waals surface area contributed by atoms with Crippen molar-refractivity contribution >= 4 is 12.2 Å². The zero-order chi connectivity index (χ0) is 19.4. The number of amides is 2. The first-order valence-electron chi connectivity index (χ1n) is 9.80. The van der Waals surface area contributed by atoms with Gasteiger partial charge in [0.15, 0.2) is 0 Å². The monoisotopic (exact) mass is 374 g/mol. The fourth-order valence-corrected chi connectivity index (χ4v) is 3.42. The highest BCUT2D eigenvalue weighted by atomic mass is 16.6. The maximum absolute atomic E-state index is 12.7. The smallest absolute Gasteiger partial charge is 0.410 e. The van der Waals surface area contributed by atoms with Crippen LogP contribution in [0.1, 0.15) is 52.0 Å². The third-order valence-corrected chi connectivity index (χ3v) is 4.80. The summed E-state index contributed by atoms with van der Waals surface area (Å²) in [7, 11) is 0. The molecule has 1 aliphatic carbocycles. The molecule has 0 bridgehead atoms. The molecule has 0 aromatic heterocycles. The molecule has 0 radical (unpaired) electrons. The van der Waals surface area contributed by atoms with Crippen LogP contribution in [0.25, 0.3) is 0 Å². The number of carbonyl (C=O) groups is 2. The van der Waals surface area contributed by atoms with Crippen LogP contribution in [0.2, 0.25) is 0 Å². The van der Waals surface area contributed by atoms with Crippen molar-refractivity contribution in [3.05, 3.63) is 35.9 Å². The Balaban J connectivity index is 1.58. The molecule has 1 aliphatic heterocycles. The van der Waals surface area contributed by atoms with Gasteiger partial charge in [-0.15, -0.1) is 0 Å². The van der Waals surface area contributed by atoms with Gasteiger partial charge in [-0.2, -0.15) is 0 Å². The molecule has 0 N–H and O–H groups in total. The van der Waals surface area contributed by atoms with E-state index in [1.54, 1.807) is 4.90 Å². The predicted molar refractivity (Wildman–Crippen MR) is 102 cm³/mol. The Bertz CT molecular complexity index is 652. The number of hydrogen-bond acceptors (Lipinski definition) is 4. The van der Waals surface area contributed by atoms with Crippen LogP contribution >= 0.6 is 0 Å². The van der Waals surface area contributed by atoms with Crippen molar-refractivity contribution in [2.45, 2.75) is 70.7 Å². The van der Waals surface area contributed by atoms with Crippen molar-refractivity contribution in [3.63, 3.8) is 0 Å². The maximum atomic E-state index is 12.7. The van der Waals surface area contributed by atoms with Crippen LogP contribution < -0.4 is 0 Å². The Morgan fingerprint density at radius 2 is 1.81 bits per heavy atom. The molecule has 6 heteroatoms. The van der Waals surface area contributed by atoms with Crippen molar-refractivity contribution < 1.29 is 19.1 Å². The predicted octanol–water partition coefficient (Wildman–Crippen LogP) is 4.19. The van der Waals surface area contributed by atoms with Gasteiger partial charge in [0.2, 0.25) is 0 Å². The van der Waals surface area contributed by atoms with Crippen LogP contribution in [0, 0.1) is 0 Å². The molecular formula is C21H30N2O4. The topological polar surface area (TPSA) is 59.1 Å². The summed E-state index contributed by atoms with van der Waals surface area (Å²) in [6, 6.07) is 9.88.